The van der Waals surface area contributed by atoms with Gasteiger partial charge in [-0.2, -0.15) is 0 Å². The number of aryl methyl sites for hydroxylation is 1. The molecule has 0 N–H and O–H groups in total. The van der Waals surface area contributed by atoms with Crippen LogP contribution in [0.3, 0.4) is 0 Å². The maximum absolute atomic E-state index is 11.7. The molecule has 0 aromatic carbocycles. The molecule has 0 spiro atoms. The highest BCUT2D eigenvalue weighted by Gasteiger charge is 2.13. The molecule has 96 valence electrons. The number of hydrogen-bond donors (Lipinski definition) is 0. The molecule has 0 saturated heterocycles. The zero-order valence-electron chi connectivity index (χ0n) is 10.6. The van der Waals surface area contributed by atoms with Gasteiger partial charge in [0.1, 0.15) is 5.52 Å². The number of fused-ring (bicyclic) bond motifs is 1. The molecule has 2 aromatic heterocycles. The van der Waals surface area contributed by atoms with E-state index in [2.05, 4.69) is 15.0 Å². The van der Waals surface area contributed by atoms with E-state index < -0.39 is 5.97 Å². The van der Waals surface area contributed by atoms with Gasteiger partial charge in [0.2, 0.25) is 5.82 Å². The number of carbonyl (C=O) groups excluding carboxylic acids is 1. The first-order valence-electron chi connectivity index (χ1n) is 6.11. The molecule has 0 unspecified atom stereocenters. The third-order valence-corrected chi connectivity index (χ3v) is 2.61. The van der Waals surface area contributed by atoms with Crippen LogP contribution in [0.25, 0.3) is 11.2 Å². The summed E-state index contributed by atoms with van der Waals surface area (Å²) < 4.78 is 6.93. The first-order chi connectivity index (χ1) is 8.76. The van der Waals surface area contributed by atoms with Crippen LogP contribution in [0.5, 0.6) is 0 Å². The molecule has 0 bridgehead atoms. The second-order valence-corrected chi connectivity index (χ2v) is 3.92. The van der Waals surface area contributed by atoms with Crippen molar-refractivity contribution in [2.24, 2.45) is 0 Å². The number of aromatic nitrogens is 4. The molecular weight excluding hydrogens is 232 g/mol. The molecule has 0 fully saturated rings. The summed E-state index contributed by atoms with van der Waals surface area (Å²) in [6, 6.07) is 0. The van der Waals surface area contributed by atoms with Gasteiger partial charge < -0.3 is 9.30 Å². The van der Waals surface area contributed by atoms with Crippen molar-refractivity contribution in [1.29, 1.82) is 0 Å². The van der Waals surface area contributed by atoms with Crippen LogP contribution in [0.15, 0.2) is 12.5 Å². The van der Waals surface area contributed by atoms with Gasteiger partial charge in [0.05, 0.1) is 19.1 Å². The van der Waals surface area contributed by atoms with Gasteiger partial charge in [-0.3, -0.25) is 0 Å². The summed E-state index contributed by atoms with van der Waals surface area (Å²) in [5.41, 5.74) is 1.34. The standard InChI is InChI=1S/C12H16N4O2/c1-3-5-6-18-12(17)10-13-7-9-11(15-10)16(4-2)8-14-9/h7-8H,3-6H2,1-2H3. The highest BCUT2D eigenvalue weighted by molar-refractivity contribution is 5.87. The van der Waals surface area contributed by atoms with Crippen LogP contribution in [0, 0.1) is 0 Å². The fourth-order valence-corrected chi connectivity index (χ4v) is 1.56. The Morgan fingerprint density at radius 3 is 2.94 bits per heavy atom. The first kappa shape index (κ1) is 12.5. The largest absolute Gasteiger partial charge is 0.460 e. The minimum atomic E-state index is -0.478. The summed E-state index contributed by atoms with van der Waals surface area (Å²) in [6.07, 6.45) is 5.06. The number of hydrogen-bond acceptors (Lipinski definition) is 5. The molecule has 2 heterocycles. The van der Waals surface area contributed by atoms with E-state index in [1.165, 1.54) is 0 Å². The second kappa shape index (κ2) is 5.57. The van der Waals surface area contributed by atoms with Crippen molar-refractivity contribution in [3.05, 3.63) is 18.3 Å². The van der Waals surface area contributed by atoms with Crippen molar-refractivity contribution in [2.75, 3.05) is 6.61 Å². The monoisotopic (exact) mass is 248 g/mol. The molecule has 6 heteroatoms. The number of rotatable bonds is 5. The summed E-state index contributed by atoms with van der Waals surface area (Å²) in [7, 11) is 0. The molecule has 6 nitrogen and oxygen atoms in total. The van der Waals surface area contributed by atoms with E-state index in [1.807, 2.05) is 18.4 Å². The number of imidazole rings is 1. The van der Waals surface area contributed by atoms with Gasteiger partial charge in [-0.1, -0.05) is 13.3 Å². The van der Waals surface area contributed by atoms with Crippen molar-refractivity contribution in [3.8, 4) is 0 Å². The van der Waals surface area contributed by atoms with Crippen LogP contribution < -0.4 is 0 Å². The Hall–Kier alpha value is -1.98. The van der Waals surface area contributed by atoms with Gasteiger partial charge in [-0.15, -0.1) is 0 Å². The van der Waals surface area contributed by atoms with Gasteiger partial charge in [-0.25, -0.2) is 19.7 Å². The quantitative estimate of drug-likeness (QED) is 0.596. The smallest absolute Gasteiger partial charge is 0.376 e. The molecule has 0 saturated carbocycles. The van der Waals surface area contributed by atoms with E-state index in [0.29, 0.717) is 17.8 Å². The molecule has 0 atom stereocenters. The third kappa shape index (κ3) is 2.47. The Kier molecular flexibility index (Phi) is 3.86. The molecule has 0 aliphatic rings. The minimum Gasteiger partial charge on any atom is -0.460 e. The Morgan fingerprint density at radius 2 is 2.22 bits per heavy atom. The fourth-order valence-electron chi connectivity index (χ4n) is 1.56. The van der Waals surface area contributed by atoms with E-state index in [4.69, 9.17) is 4.74 Å². The van der Waals surface area contributed by atoms with Gasteiger partial charge in [0.15, 0.2) is 5.65 Å². The fraction of sp³-hybridized carbons (Fsp3) is 0.500. The molecule has 0 radical (unpaired) electrons. The lowest BCUT2D eigenvalue weighted by Crippen LogP contribution is -2.11. The summed E-state index contributed by atoms with van der Waals surface area (Å²) >= 11 is 0. The van der Waals surface area contributed by atoms with Crippen molar-refractivity contribution in [1.82, 2.24) is 19.5 Å². The predicted octanol–water partition coefficient (Wildman–Crippen LogP) is 1.80. The summed E-state index contributed by atoms with van der Waals surface area (Å²) in [5, 5.41) is 0. The van der Waals surface area contributed by atoms with Crippen molar-refractivity contribution >= 4 is 17.1 Å². The van der Waals surface area contributed by atoms with Crippen molar-refractivity contribution in [3.63, 3.8) is 0 Å². The Labute approximate surface area is 105 Å². The van der Waals surface area contributed by atoms with Crippen LogP contribution in [-0.2, 0) is 11.3 Å². The van der Waals surface area contributed by atoms with Gasteiger partial charge >= 0.3 is 5.97 Å². The van der Waals surface area contributed by atoms with Gasteiger partial charge in [0, 0.05) is 6.54 Å². The first-order valence-corrected chi connectivity index (χ1v) is 6.11. The molecular formula is C12H16N4O2. The molecule has 2 aromatic rings. The average Bonchev–Trinajstić information content (AvgIpc) is 2.80. The van der Waals surface area contributed by atoms with E-state index in [0.717, 1.165) is 19.4 Å². The van der Waals surface area contributed by atoms with Crippen LogP contribution in [0.2, 0.25) is 0 Å². The average molecular weight is 248 g/mol. The summed E-state index contributed by atoms with van der Waals surface area (Å²) in [5.74, 6) is -0.386. The minimum absolute atomic E-state index is 0.0915. The van der Waals surface area contributed by atoms with Gasteiger partial charge in [0.25, 0.3) is 0 Å². The molecule has 0 aliphatic heterocycles. The van der Waals surface area contributed by atoms with E-state index >= 15 is 0 Å². The van der Waals surface area contributed by atoms with Crippen molar-refractivity contribution < 1.29 is 9.53 Å². The van der Waals surface area contributed by atoms with Crippen LogP contribution in [0.1, 0.15) is 37.3 Å². The summed E-state index contributed by atoms with van der Waals surface area (Å²) in [6.45, 7) is 5.18. The van der Waals surface area contributed by atoms with Gasteiger partial charge in [-0.05, 0) is 13.3 Å². The highest BCUT2D eigenvalue weighted by atomic mass is 16.5. The lowest BCUT2D eigenvalue weighted by molar-refractivity contribution is 0.0485. The molecule has 18 heavy (non-hydrogen) atoms. The number of esters is 1. The topological polar surface area (TPSA) is 69.9 Å². The Morgan fingerprint density at radius 1 is 1.39 bits per heavy atom. The maximum Gasteiger partial charge on any atom is 0.376 e. The summed E-state index contributed by atoms with van der Waals surface area (Å²) in [4.78, 5) is 24.0. The third-order valence-electron chi connectivity index (χ3n) is 2.61. The number of carbonyl (C=O) groups is 1. The van der Waals surface area contributed by atoms with Crippen LogP contribution in [0.4, 0.5) is 0 Å². The SMILES string of the molecule is CCCCOC(=O)c1ncc2ncn(CC)c2n1. The van der Waals surface area contributed by atoms with Crippen molar-refractivity contribution in [2.45, 2.75) is 33.2 Å². The lowest BCUT2D eigenvalue weighted by Gasteiger charge is -2.03. The predicted molar refractivity (Wildman–Crippen MR) is 66.2 cm³/mol. The second-order valence-electron chi connectivity index (χ2n) is 3.92. The zero-order chi connectivity index (χ0) is 13.0. The van der Waals surface area contributed by atoms with Crippen LogP contribution >= 0.6 is 0 Å². The van der Waals surface area contributed by atoms with E-state index in [-0.39, 0.29) is 5.82 Å². The molecule has 2 rings (SSSR count). The number of unbranched alkanes of at least 4 members (excludes halogenated alkanes) is 1. The number of nitrogens with zero attached hydrogens (tertiary/aromatic N) is 4. The number of ether oxygens (including phenoxy) is 1. The highest BCUT2D eigenvalue weighted by Crippen LogP contribution is 2.09. The zero-order valence-corrected chi connectivity index (χ0v) is 10.6. The van der Waals surface area contributed by atoms with E-state index in [9.17, 15) is 4.79 Å². The normalized spacial score (nSPS) is 10.8. The Balaban J connectivity index is 2.20. The molecule has 0 amide bonds. The lowest BCUT2D eigenvalue weighted by atomic mass is 10.4. The van der Waals surface area contributed by atoms with Crippen LogP contribution in [-0.4, -0.2) is 32.1 Å². The maximum atomic E-state index is 11.7. The Bertz CT molecular complexity index is 550. The van der Waals surface area contributed by atoms with E-state index in [1.54, 1.807) is 12.5 Å². The molecule has 0 aliphatic carbocycles.